The van der Waals surface area contributed by atoms with Gasteiger partial charge in [0.2, 0.25) is 0 Å². The molecule has 0 bridgehead atoms. The number of benzene rings is 1. The van der Waals surface area contributed by atoms with E-state index in [-0.39, 0.29) is 5.97 Å². The molecule has 1 heterocycles. The van der Waals surface area contributed by atoms with Crippen LogP contribution in [-0.4, -0.2) is 17.1 Å². The third kappa shape index (κ3) is 2.30. The second kappa shape index (κ2) is 4.74. The first kappa shape index (κ1) is 11.3. The van der Waals surface area contributed by atoms with Gasteiger partial charge in [-0.1, -0.05) is 18.2 Å². The van der Waals surface area contributed by atoms with E-state index < -0.39 is 0 Å². The Labute approximate surface area is 99.6 Å². The molecule has 4 nitrogen and oxygen atoms in total. The van der Waals surface area contributed by atoms with E-state index in [4.69, 9.17) is 10.5 Å². The molecule has 0 radical (unpaired) electrons. The average Bonchev–Trinajstić information content (AvgIpc) is 2.73. The Morgan fingerprint density at radius 2 is 2.00 bits per heavy atom. The fourth-order valence-corrected chi connectivity index (χ4v) is 1.60. The molecule has 88 valence electrons. The van der Waals surface area contributed by atoms with Crippen molar-refractivity contribution >= 4 is 11.7 Å². The number of para-hydroxylation sites is 1. The van der Waals surface area contributed by atoms with Gasteiger partial charge in [-0.2, -0.15) is 0 Å². The maximum Gasteiger partial charge on any atom is 0.341 e. The van der Waals surface area contributed by atoms with Crippen LogP contribution in [0.15, 0.2) is 42.7 Å². The summed E-state index contributed by atoms with van der Waals surface area (Å²) in [5.41, 5.74) is 7.56. The molecule has 2 N–H and O–H groups in total. The van der Waals surface area contributed by atoms with Gasteiger partial charge in [-0.05, 0) is 19.1 Å². The number of hydrogen-bond donors (Lipinski definition) is 1. The monoisotopic (exact) mass is 230 g/mol. The molecule has 0 atom stereocenters. The fourth-order valence-electron chi connectivity index (χ4n) is 1.60. The van der Waals surface area contributed by atoms with Crippen LogP contribution in [-0.2, 0) is 4.74 Å². The molecule has 0 amide bonds. The molecular formula is C13H14N2O2. The van der Waals surface area contributed by atoms with E-state index in [1.165, 1.54) is 0 Å². The maximum absolute atomic E-state index is 11.6. The third-order valence-corrected chi connectivity index (χ3v) is 2.41. The van der Waals surface area contributed by atoms with E-state index in [1.54, 1.807) is 19.3 Å². The van der Waals surface area contributed by atoms with Gasteiger partial charge in [-0.25, -0.2) is 4.79 Å². The third-order valence-electron chi connectivity index (χ3n) is 2.41. The van der Waals surface area contributed by atoms with Crippen molar-refractivity contribution < 1.29 is 9.53 Å². The number of nitrogen functional groups attached to an aromatic ring is 1. The summed E-state index contributed by atoms with van der Waals surface area (Å²) in [7, 11) is 0. The average molecular weight is 230 g/mol. The van der Waals surface area contributed by atoms with Gasteiger partial charge in [-0.15, -0.1) is 0 Å². The first-order valence-electron chi connectivity index (χ1n) is 5.42. The molecule has 0 unspecified atom stereocenters. The summed E-state index contributed by atoms with van der Waals surface area (Å²) in [6.07, 6.45) is 3.39. The molecule has 0 aliphatic carbocycles. The fraction of sp³-hybridized carbons (Fsp3) is 0.154. The highest BCUT2D eigenvalue weighted by Gasteiger charge is 2.13. The van der Waals surface area contributed by atoms with Crippen molar-refractivity contribution in [3.05, 3.63) is 48.3 Å². The van der Waals surface area contributed by atoms with Gasteiger partial charge in [0.05, 0.1) is 12.3 Å². The summed E-state index contributed by atoms with van der Waals surface area (Å²) in [6, 6.07) is 9.66. The standard InChI is InChI=1S/C13H14N2O2/c1-2-17-13(16)11-8-15(9-12(11)14)10-6-4-3-5-7-10/h3-9H,2,14H2,1H3. The van der Waals surface area contributed by atoms with Crippen LogP contribution in [0.5, 0.6) is 0 Å². The van der Waals surface area contributed by atoms with Crippen molar-refractivity contribution in [3.8, 4) is 5.69 Å². The summed E-state index contributed by atoms with van der Waals surface area (Å²) >= 11 is 0. The number of nitrogens with two attached hydrogens (primary N) is 1. The maximum atomic E-state index is 11.6. The van der Waals surface area contributed by atoms with Gasteiger partial charge in [0.1, 0.15) is 5.56 Å². The highest BCUT2D eigenvalue weighted by atomic mass is 16.5. The van der Waals surface area contributed by atoms with E-state index in [2.05, 4.69) is 0 Å². The Hall–Kier alpha value is -2.23. The Morgan fingerprint density at radius 1 is 1.29 bits per heavy atom. The molecule has 1 aromatic carbocycles. The van der Waals surface area contributed by atoms with Crippen LogP contribution >= 0.6 is 0 Å². The lowest BCUT2D eigenvalue weighted by atomic mass is 10.3. The summed E-state index contributed by atoms with van der Waals surface area (Å²) < 4.78 is 6.73. The van der Waals surface area contributed by atoms with Crippen LogP contribution in [0.2, 0.25) is 0 Å². The second-order valence-electron chi connectivity index (χ2n) is 3.59. The van der Waals surface area contributed by atoms with E-state index in [9.17, 15) is 4.79 Å². The normalized spacial score (nSPS) is 10.2. The minimum Gasteiger partial charge on any atom is -0.462 e. The molecule has 0 aliphatic heterocycles. The lowest BCUT2D eigenvalue weighted by Crippen LogP contribution is -2.05. The first-order valence-corrected chi connectivity index (χ1v) is 5.42. The number of esters is 1. The molecule has 17 heavy (non-hydrogen) atoms. The highest BCUT2D eigenvalue weighted by Crippen LogP contribution is 2.18. The zero-order valence-electron chi connectivity index (χ0n) is 9.59. The summed E-state index contributed by atoms with van der Waals surface area (Å²) in [6.45, 7) is 2.11. The molecule has 2 rings (SSSR count). The first-order chi connectivity index (χ1) is 8.22. The van der Waals surface area contributed by atoms with E-state index in [0.29, 0.717) is 17.9 Å². The second-order valence-corrected chi connectivity index (χ2v) is 3.59. The van der Waals surface area contributed by atoms with Gasteiger partial charge in [0.25, 0.3) is 0 Å². The van der Waals surface area contributed by atoms with Crippen molar-refractivity contribution in [2.75, 3.05) is 12.3 Å². The van der Waals surface area contributed by atoms with Crippen molar-refractivity contribution in [1.29, 1.82) is 0 Å². The van der Waals surface area contributed by atoms with Gasteiger partial charge in [0.15, 0.2) is 0 Å². The van der Waals surface area contributed by atoms with Gasteiger partial charge in [0, 0.05) is 18.1 Å². The molecular weight excluding hydrogens is 216 g/mol. The van der Waals surface area contributed by atoms with Gasteiger partial charge in [-0.3, -0.25) is 0 Å². The number of ether oxygens (including phenoxy) is 1. The number of rotatable bonds is 3. The Kier molecular flexibility index (Phi) is 3.14. The van der Waals surface area contributed by atoms with Crippen LogP contribution in [0.4, 0.5) is 5.69 Å². The number of anilines is 1. The van der Waals surface area contributed by atoms with Crippen molar-refractivity contribution in [1.82, 2.24) is 4.57 Å². The van der Waals surface area contributed by atoms with Crippen LogP contribution in [0.1, 0.15) is 17.3 Å². The van der Waals surface area contributed by atoms with Crippen molar-refractivity contribution in [2.24, 2.45) is 0 Å². The van der Waals surface area contributed by atoms with E-state index >= 15 is 0 Å². The van der Waals surface area contributed by atoms with Gasteiger partial charge >= 0.3 is 5.97 Å². The SMILES string of the molecule is CCOC(=O)c1cn(-c2ccccc2)cc1N. The van der Waals surface area contributed by atoms with Gasteiger partial charge < -0.3 is 15.0 Å². The smallest absolute Gasteiger partial charge is 0.341 e. The molecule has 1 aromatic heterocycles. The molecule has 0 fully saturated rings. The molecule has 0 spiro atoms. The number of carbonyl (C=O) groups is 1. The predicted octanol–water partition coefficient (Wildman–Crippen LogP) is 2.24. The number of aromatic nitrogens is 1. The molecule has 0 saturated carbocycles. The number of hydrogen-bond acceptors (Lipinski definition) is 3. The van der Waals surface area contributed by atoms with Crippen molar-refractivity contribution in [3.63, 3.8) is 0 Å². The highest BCUT2D eigenvalue weighted by molar-refractivity contribution is 5.95. The minimum absolute atomic E-state index is 0.342. The minimum atomic E-state index is -0.389. The Bertz CT molecular complexity index is 517. The zero-order valence-corrected chi connectivity index (χ0v) is 9.59. The lowest BCUT2D eigenvalue weighted by Gasteiger charge is -2.01. The quantitative estimate of drug-likeness (QED) is 0.822. The van der Waals surface area contributed by atoms with E-state index in [1.807, 2.05) is 34.9 Å². The predicted molar refractivity (Wildman–Crippen MR) is 66.1 cm³/mol. The molecule has 0 aliphatic rings. The lowest BCUT2D eigenvalue weighted by molar-refractivity contribution is 0.0527. The molecule has 4 heteroatoms. The summed E-state index contributed by atoms with van der Waals surface area (Å²) in [5, 5.41) is 0. The van der Waals surface area contributed by atoms with Crippen LogP contribution in [0.25, 0.3) is 5.69 Å². The number of nitrogens with zero attached hydrogens (tertiary/aromatic N) is 1. The van der Waals surface area contributed by atoms with Crippen LogP contribution in [0, 0.1) is 0 Å². The van der Waals surface area contributed by atoms with E-state index in [0.717, 1.165) is 5.69 Å². The molecule has 0 saturated heterocycles. The summed E-state index contributed by atoms with van der Waals surface area (Å²) in [5.74, 6) is -0.389. The summed E-state index contributed by atoms with van der Waals surface area (Å²) in [4.78, 5) is 11.6. The topological polar surface area (TPSA) is 57.2 Å². The Morgan fingerprint density at radius 3 is 2.65 bits per heavy atom. The van der Waals surface area contributed by atoms with Crippen LogP contribution in [0.3, 0.4) is 0 Å². The molecule has 2 aromatic rings. The van der Waals surface area contributed by atoms with Crippen LogP contribution < -0.4 is 5.73 Å². The number of carbonyl (C=O) groups excluding carboxylic acids is 1. The Balaban J connectivity index is 2.34. The zero-order chi connectivity index (χ0) is 12.3. The van der Waals surface area contributed by atoms with Crippen molar-refractivity contribution in [2.45, 2.75) is 6.92 Å². The largest absolute Gasteiger partial charge is 0.462 e.